The number of hydrogen-bond donors (Lipinski definition) is 0. The van der Waals surface area contributed by atoms with Crippen molar-refractivity contribution in [2.24, 2.45) is 16.7 Å². The molecular weight excluding hydrogens is 524 g/mol. The van der Waals surface area contributed by atoms with Crippen molar-refractivity contribution in [1.82, 2.24) is 0 Å². The maximum Gasteiger partial charge on any atom is 0.333 e. The molecule has 1 aliphatic heterocycles. The summed E-state index contributed by atoms with van der Waals surface area (Å²) < 4.78 is 21.0. The SMILES string of the molecule is C=C(C)C(=O)OC1(CC)CCCC1.C=C(C)C(=O)OC1C2C(=O)OC3CC14CC324.C=Cc1ccc(OC(C)=O)cc1. The molecule has 41 heavy (non-hydrogen) atoms. The van der Waals surface area contributed by atoms with Crippen LogP contribution in [0.3, 0.4) is 0 Å². The van der Waals surface area contributed by atoms with Gasteiger partial charge in [0.2, 0.25) is 0 Å². The van der Waals surface area contributed by atoms with E-state index < -0.39 is 0 Å². The zero-order valence-electron chi connectivity index (χ0n) is 24.5. The molecule has 1 spiro atoms. The van der Waals surface area contributed by atoms with Gasteiger partial charge in [0.25, 0.3) is 0 Å². The van der Waals surface area contributed by atoms with Gasteiger partial charge in [0.15, 0.2) is 0 Å². The molecule has 6 rings (SSSR count). The highest BCUT2D eigenvalue weighted by Gasteiger charge is 3.00. The molecule has 5 atom stereocenters. The van der Waals surface area contributed by atoms with Gasteiger partial charge in [-0.1, -0.05) is 44.9 Å². The van der Waals surface area contributed by atoms with Gasteiger partial charge >= 0.3 is 23.9 Å². The smallest absolute Gasteiger partial charge is 0.333 e. The second-order valence-corrected chi connectivity index (χ2v) is 11.9. The zero-order valence-corrected chi connectivity index (χ0v) is 24.5. The van der Waals surface area contributed by atoms with Gasteiger partial charge in [0, 0.05) is 28.9 Å². The molecule has 1 aromatic carbocycles. The van der Waals surface area contributed by atoms with E-state index in [0.717, 1.165) is 37.7 Å². The van der Waals surface area contributed by atoms with E-state index in [9.17, 15) is 19.2 Å². The lowest BCUT2D eigenvalue weighted by atomic mass is 9.51. The fourth-order valence-electron chi connectivity index (χ4n) is 6.91. The highest BCUT2D eigenvalue weighted by Crippen LogP contribution is 2.94. The number of ether oxygens (including phenoxy) is 4. The van der Waals surface area contributed by atoms with Crippen LogP contribution in [0, 0.1) is 16.7 Å². The summed E-state index contributed by atoms with van der Waals surface area (Å²) >= 11 is 0. The van der Waals surface area contributed by atoms with Crippen molar-refractivity contribution < 1.29 is 38.1 Å². The highest BCUT2D eigenvalue weighted by molar-refractivity contribution is 5.89. The Labute approximate surface area is 241 Å². The third kappa shape index (κ3) is 5.36. The fraction of sp³-hybridized carbons (Fsp3) is 0.515. The standard InChI is InChI=1S/C12H12O4.C11H18O2.C10H10O2/c1-5(2)9(13)16-8-7-10(14)15-6-3-11(8)4-12(6,7)11;1-4-11(7-5-6-8-11)13-10(12)9(2)3;1-3-9-4-6-10(7-5-9)12-8(2)11/h6-8H,1,3-4H2,2H3;2,4-8H2,1,3H3;3-7H,1H2,2H3. The molecule has 5 unspecified atom stereocenters. The zero-order chi connectivity index (χ0) is 30.2. The van der Waals surface area contributed by atoms with Crippen molar-refractivity contribution in [3.8, 4) is 5.75 Å². The monoisotopic (exact) mass is 564 g/mol. The van der Waals surface area contributed by atoms with Crippen LogP contribution in [-0.4, -0.2) is 41.7 Å². The summed E-state index contributed by atoms with van der Waals surface area (Å²) in [5, 5.41) is 0. The summed E-state index contributed by atoms with van der Waals surface area (Å²) in [7, 11) is 0. The van der Waals surface area contributed by atoms with Crippen molar-refractivity contribution in [3.63, 3.8) is 0 Å². The largest absolute Gasteiger partial charge is 0.461 e. The van der Waals surface area contributed by atoms with Crippen molar-refractivity contribution in [2.75, 3.05) is 0 Å². The van der Waals surface area contributed by atoms with E-state index in [1.54, 1.807) is 32.1 Å². The Kier molecular flexibility index (Phi) is 8.35. The summed E-state index contributed by atoms with van der Waals surface area (Å²) in [5.41, 5.74) is 1.89. The second kappa shape index (κ2) is 11.3. The summed E-state index contributed by atoms with van der Waals surface area (Å²) in [6, 6.07) is 7.15. The Balaban J connectivity index is 0.000000144. The molecule has 1 heterocycles. The Morgan fingerprint density at radius 1 is 1.02 bits per heavy atom. The molecule has 0 N–H and O–H groups in total. The number of carbonyl (C=O) groups excluding carboxylic acids is 4. The molecule has 8 heteroatoms. The van der Waals surface area contributed by atoms with Crippen LogP contribution in [0.2, 0.25) is 0 Å². The van der Waals surface area contributed by atoms with Gasteiger partial charge in [-0.2, -0.15) is 0 Å². The van der Waals surface area contributed by atoms with Crippen molar-refractivity contribution >= 4 is 30.0 Å². The van der Waals surface area contributed by atoms with Gasteiger partial charge in [-0.05, 0) is 76.5 Å². The molecule has 5 aliphatic rings. The van der Waals surface area contributed by atoms with Gasteiger partial charge in [-0.3, -0.25) is 9.59 Å². The summed E-state index contributed by atoms with van der Waals surface area (Å²) in [6.07, 6.45) is 8.79. The Morgan fingerprint density at radius 2 is 1.63 bits per heavy atom. The van der Waals surface area contributed by atoms with Crippen LogP contribution in [-0.2, 0) is 33.4 Å². The molecule has 8 nitrogen and oxygen atoms in total. The minimum Gasteiger partial charge on any atom is -0.461 e. The lowest BCUT2D eigenvalue weighted by Crippen LogP contribution is -2.62. The van der Waals surface area contributed by atoms with Gasteiger partial charge in [0.05, 0.1) is 0 Å². The van der Waals surface area contributed by atoms with Gasteiger partial charge in [-0.25, -0.2) is 9.59 Å². The molecule has 0 bridgehead atoms. The average Bonchev–Trinajstić information content (AvgIpc) is 3.22. The first-order valence-corrected chi connectivity index (χ1v) is 14.2. The van der Waals surface area contributed by atoms with Gasteiger partial charge in [0.1, 0.15) is 29.5 Å². The predicted molar refractivity (Wildman–Crippen MR) is 152 cm³/mol. The fourth-order valence-corrected chi connectivity index (χ4v) is 6.91. The minimum atomic E-state index is -0.386. The molecule has 4 saturated carbocycles. The number of benzene rings is 1. The number of carbonyl (C=O) groups is 4. The van der Waals surface area contributed by atoms with E-state index in [1.807, 2.05) is 12.1 Å². The first-order valence-electron chi connectivity index (χ1n) is 14.2. The maximum absolute atomic E-state index is 11.6. The lowest BCUT2D eigenvalue weighted by Gasteiger charge is -2.53. The maximum atomic E-state index is 11.6. The Bertz CT molecular complexity index is 1270. The summed E-state index contributed by atoms with van der Waals surface area (Å²) in [5.74, 6) is -0.717. The molecule has 220 valence electrons. The van der Waals surface area contributed by atoms with Crippen LogP contribution < -0.4 is 4.74 Å². The van der Waals surface area contributed by atoms with Crippen molar-refractivity contribution in [1.29, 1.82) is 0 Å². The molecule has 1 aromatic rings. The lowest BCUT2D eigenvalue weighted by molar-refractivity contribution is -0.192. The van der Waals surface area contributed by atoms with Crippen LogP contribution in [0.4, 0.5) is 0 Å². The van der Waals surface area contributed by atoms with E-state index in [0.29, 0.717) is 16.9 Å². The quantitative estimate of drug-likeness (QED) is 0.175. The number of rotatable bonds is 7. The molecule has 1 saturated heterocycles. The average molecular weight is 565 g/mol. The van der Waals surface area contributed by atoms with Crippen molar-refractivity contribution in [3.05, 3.63) is 60.7 Å². The van der Waals surface area contributed by atoms with E-state index in [1.165, 1.54) is 19.8 Å². The summed E-state index contributed by atoms with van der Waals surface area (Å²) in [4.78, 5) is 45.0. The summed E-state index contributed by atoms with van der Waals surface area (Å²) in [6.45, 7) is 17.5. The van der Waals surface area contributed by atoms with Crippen LogP contribution in [0.15, 0.2) is 55.1 Å². The third-order valence-electron chi connectivity index (χ3n) is 9.23. The van der Waals surface area contributed by atoms with Crippen LogP contribution >= 0.6 is 0 Å². The van der Waals surface area contributed by atoms with E-state index in [2.05, 4.69) is 26.7 Å². The topological polar surface area (TPSA) is 105 Å². The molecule has 5 fully saturated rings. The third-order valence-corrected chi connectivity index (χ3v) is 9.23. The molecule has 4 aliphatic carbocycles. The molecule has 0 aromatic heterocycles. The molecular formula is C33H40O8. The van der Waals surface area contributed by atoms with Crippen LogP contribution in [0.25, 0.3) is 6.08 Å². The predicted octanol–water partition coefficient (Wildman–Crippen LogP) is 5.89. The molecule has 0 radical (unpaired) electrons. The van der Waals surface area contributed by atoms with Gasteiger partial charge in [-0.15, -0.1) is 0 Å². The Hall–Kier alpha value is -3.68. The van der Waals surface area contributed by atoms with Crippen LogP contribution in [0.1, 0.15) is 78.2 Å². The minimum absolute atomic E-state index is 0.0735. The van der Waals surface area contributed by atoms with Gasteiger partial charge < -0.3 is 18.9 Å². The first-order chi connectivity index (χ1) is 19.3. The first kappa shape index (κ1) is 30.3. The number of esters is 4. The van der Waals surface area contributed by atoms with E-state index in [-0.39, 0.29) is 58.4 Å². The van der Waals surface area contributed by atoms with E-state index >= 15 is 0 Å². The number of hydrogen-bond acceptors (Lipinski definition) is 8. The van der Waals surface area contributed by atoms with E-state index in [4.69, 9.17) is 18.9 Å². The second-order valence-electron chi connectivity index (χ2n) is 11.9. The highest BCUT2D eigenvalue weighted by atomic mass is 16.6. The van der Waals surface area contributed by atoms with Crippen molar-refractivity contribution in [2.45, 2.75) is 90.4 Å². The normalized spacial score (nSPS) is 30.0. The van der Waals surface area contributed by atoms with Crippen LogP contribution in [0.5, 0.6) is 5.75 Å². The molecule has 0 amide bonds. The Morgan fingerprint density at radius 3 is 2.15 bits per heavy atom.